The topological polar surface area (TPSA) is 89.3 Å². The van der Waals surface area contributed by atoms with Gasteiger partial charge in [-0.1, -0.05) is 32.0 Å². The van der Waals surface area contributed by atoms with Crippen LogP contribution in [0, 0.1) is 5.41 Å². The van der Waals surface area contributed by atoms with Crippen LogP contribution >= 0.6 is 0 Å². The van der Waals surface area contributed by atoms with E-state index in [1.807, 2.05) is 62.4 Å². The molecule has 5 rings (SSSR count). The van der Waals surface area contributed by atoms with Crippen LogP contribution in [0.1, 0.15) is 38.4 Å². The van der Waals surface area contributed by atoms with E-state index in [4.69, 9.17) is 14.6 Å². The minimum absolute atomic E-state index is 0.0879. The molecule has 1 saturated heterocycles. The first-order valence-corrected chi connectivity index (χ1v) is 11.9. The van der Waals surface area contributed by atoms with Gasteiger partial charge in [-0.25, -0.2) is 4.68 Å². The molecule has 0 spiro atoms. The summed E-state index contributed by atoms with van der Waals surface area (Å²) in [5.41, 5.74) is 1.90. The van der Waals surface area contributed by atoms with Gasteiger partial charge in [0.1, 0.15) is 23.2 Å². The molecule has 0 saturated carbocycles. The number of carbonyl (C=O) groups is 1. The van der Waals surface area contributed by atoms with Crippen LogP contribution in [0.2, 0.25) is 0 Å². The van der Waals surface area contributed by atoms with Crippen molar-refractivity contribution in [3.8, 4) is 17.2 Å². The summed E-state index contributed by atoms with van der Waals surface area (Å²) >= 11 is 0. The second kappa shape index (κ2) is 9.14. The Hall–Kier alpha value is -4.14. The number of aromatic nitrogens is 2. The summed E-state index contributed by atoms with van der Waals surface area (Å²) in [5, 5.41) is 11.0. The van der Waals surface area contributed by atoms with Gasteiger partial charge in [-0.3, -0.25) is 14.6 Å². The highest BCUT2D eigenvalue weighted by Gasteiger charge is 2.39. The molecular formula is C27H29N5O4. The first-order chi connectivity index (χ1) is 17.3. The van der Waals surface area contributed by atoms with E-state index in [9.17, 15) is 9.59 Å². The third kappa shape index (κ3) is 4.00. The predicted molar refractivity (Wildman–Crippen MR) is 138 cm³/mol. The number of hydrogen-bond acceptors (Lipinski definition) is 7. The van der Waals surface area contributed by atoms with Crippen molar-refractivity contribution in [2.45, 2.75) is 32.7 Å². The summed E-state index contributed by atoms with van der Waals surface area (Å²) in [7, 11) is 3.03. The van der Waals surface area contributed by atoms with E-state index in [1.54, 1.807) is 34.1 Å². The quantitative estimate of drug-likeness (QED) is 0.523. The first kappa shape index (κ1) is 23.6. The summed E-state index contributed by atoms with van der Waals surface area (Å²) in [5.74, 6) is 0.782. The predicted octanol–water partition coefficient (Wildman–Crippen LogP) is 3.95. The van der Waals surface area contributed by atoms with Crippen LogP contribution in [-0.4, -0.2) is 42.7 Å². The molecule has 186 valence electrons. The minimum atomic E-state index is -0.386. The van der Waals surface area contributed by atoms with Crippen LogP contribution < -0.4 is 24.8 Å². The number of carbonyl (C=O) groups excluding carboxylic acids is 1. The highest BCUT2D eigenvalue weighted by atomic mass is 16.5. The number of ether oxygens (including phenoxy) is 2. The smallest absolute Gasteiger partial charge is 0.247 e. The third-order valence-corrected chi connectivity index (χ3v) is 6.80. The number of para-hydroxylation sites is 1. The van der Waals surface area contributed by atoms with Crippen molar-refractivity contribution in [1.29, 1.82) is 0 Å². The first-order valence-electron chi connectivity index (χ1n) is 11.9. The zero-order valence-electron chi connectivity index (χ0n) is 20.8. The summed E-state index contributed by atoms with van der Waals surface area (Å²) in [4.78, 5) is 27.9. The Kier molecular flexibility index (Phi) is 5.99. The molecule has 3 aromatic rings. The minimum Gasteiger partial charge on any atom is -0.494 e. The lowest BCUT2D eigenvalue weighted by Gasteiger charge is -2.24. The van der Waals surface area contributed by atoms with Crippen LogP contribution in [0.3, 0.4) is 0 Å². The van der Waals surface area contributed by atoms with Gasteiger partial charge in [-0.2, -0.15) is 10.2 Å². The van der Waals surface area contributed by atoms with E-state index in [0.717, 1.165) is 17.8 Å². The van der Waals surface area contributed by atoms with E-state index < -0.39 is 0 Å². The molecule has 0 aliphatic carbocycles. The average molecular weight is 488 g/mol. The van der Waals surface area contributed by atoms with Crippen molar-refractivity contribution in [2.75, 3.05) is 30.7 Å². The number of rotatable bonds is 6. The summed E-state index contributed by atoms with van der Waals surface area (Å²) in [6, 6.07) is 14.8. The molecule has 1 unspecified atom stereocenters. The molecule has 1 fully saturated rings. The molecule has 0 radical (unpaired) electrons. The number of hydrazone groups is 1. The Labute approximate surface area is 209 Å². The highest BCUT2D eigenvalue weighted by Crippen LogP contribution is 2.37. The Morgan fingerprint density at radius 1 is 0.972 bits per heavy atom. The maximum atomic E-state index is 13.3. The van der Waals surface area contributed by atoms with Crippen LogP contribution in [0.15, 0.2) is 64.6 Å². The fourth-order valence-corrected chi connectivity index (χ4v) is 4.68. The van der Waals surface area contributed by atoms with Crippen molar-refractivity contribution in [2.24, 2.45) is 10.5 Å². The van der Waals surface area contributed by atoms with Crippen LogP contribution in [0.5, 0.6) is 11.5 Å². The van der Waals surface area contributed by atoms with Gasteiger partial charge in [0.2, 0.25) is 11.3 Å². The lowest BCUT2D eigenvalue weighted by atomic mass is 9.92. The Morgan fingerprint density at radius 2 is 1.72 bits per heavy atom. The molecule has 2 aliphatic heterocycles. The summed E-state index contributed by atoms with van der Waals surface area (Å²) in [6.45, 7) is 4.58. The fourth-order valence-electron chi connectivity index (χ4n) is 4.68. The lowest BCUT2D eigenvalue weighted by molar-refractivity contribution is -0.123. The molecule has 1 aromatic heterocycles. The van der Waals surface area contributed by atoms with Gasteiger partial charge in [0.05, 0.1) is 26.1 Å². The van der Waals surface area contributed by atoms with E-state index >= 15 is 0 Å². The van der Waals surface area contributed by atoms with Gasteiger partial charge < -0.3 is 14.4 Å². The van der Waals surface area contributed by atoms with E-state index in [1.165, 1.54) is 7.11 Å². The van der Waals surface area contributed by atoms with Crippen molar-refractivity contribution in [1.82, 2.24) is 9.78 Å². The Balaban J connectivity index is 1.56. The molecule has 3 heterocycles. The van der Waals surface area contributed by atoms with E-state index in [2.05, 4.69) is 5.10 Å². The highest BCUT2D eigenvalue weighted by molar-refractivity contribution is 5.99. The van der Waals surface area contributed by atoms with Gasteiger partial charge in [0.25, 0.3) is 0 Å². The number of hydrogen-bond donors (Lipinski definition) is 0. The SMILES string of the molecule is COc1cc(N2CCC(C)(C)C2=O)ccc1-n1cc(OC)c(=O)c(C2CC=NN2c2ccccc2)n1. The second-order valence-corrected chi connectivity index (χ2v) is 9.53. The number of methoxy groups -OCH3 is 2. The third-order valence-electron chi connectivity index (χ3n) is 6.80. The fraction of sp³-hybridized carbons (Fsp3) is 0.333. The van der Waals surface area contributed by atoms with Gasteiger partial charge >= 0.3 is 0 Å². The Morgan fingerprint density at radius 3 is 2.39 bits per heavy atom. The summed E-state index contributed by atoms with van der Waals surface area (Å²) in [6.07, 6.45) is 4.66. The zero-order valence-corrected chi connectivity index (χ0v) is 20.8. The molecule has 9 heteroatoms. The number of nitrogens with zero attached hydrogens (tertiary/aromatic N) is 5. The number of anilines is 2. The van der Waals surface area contributed by atoms with Gasteiger partial charge in [-0.15, -0.1) is 0 Å². The second-order valence-electron chi connectivity index (χ2n) is 9.53. The molecule has 36 heavy (non-hydrogen) atoms. The molecular weight excluding hydrogens is 458 g/mol. The summed E-state index contributed by atoms with van der Waals surface area (Å²) < 4.78 is 12.7. The Bertz CT molecular complexity index is 1380. The van der Waals surface area contributed by atoms with E-state index in [0.29, 0.717) is 30.1 Å². The van der Waals surface area contributed by atoms with Gasteiger partial charge in [-0.05, 0) is 30.7 Å². The molecule has 2 aromatic carbocycles. The van der Waals surface area contributed by atoms with Crippen LogP contribution in [0.4, 0.5) is 11.4 Å². The molecule has 1 atom stereocenters. The van der Waals surface area contributed by atoms with E-state index in [-0.39, 0.29) is 28.5 Å². The largest absolute Gasteiger partial charge is 0.494 e. The molecule has 2 aliphatic rings. The normalized spacial score (nSPS) is 18.7. The maximum Gasteiger partial charge on any atom is 0.247 e. The van der Waals surface area contributed by atoms with Gasteiger partial charge in [0.15, 0.2) is 5.75 Å². The van der Waals surface area contributed by atoms with Crippen molar-refractivity contribution >= 4 is 23.5 Å². The number of benzene rings is 2. The lowest BCUT2D eigenvalue weighted by Crippen LogP contribution is -2.30. The van der Waals surface area contributed by atoms with Crippen LogP contribution in [-0.2, 0) is 4.79 Å². The average Bonchev–Trinajstić information content (AvgIpc) is 3.49. The van der Waals surface area contributed by atoms with Crippen molar-refractivity contribution < 1.29 is 14.3 Å². The van der Waals surface area contributed by atoms with Crippen molar-refractivity contribution in [3.05, 3.63) is 70.6 Å². The molecule has 9 nitrogen and oxygen atoms in total. The van der Waals surface area contributed by atoms with Crippen LogP contribution in [0.25, 0.3) is 5.69 Å². The maximum absolute atomic E-state index is 13.3. The molecule has 0 bridgehead atoms. The number of amides is 1. The van der Waals surface area contributed by atoms with Crippen molar-refractivity contribution in [3.63, 3.8) is 0 Å². The monoisotopic (exact) mass is 487 g/mol. The molecule has 0 N–H and O–H groups in total. The molecule has 1 amide bonds. The standard InChI is InChI=1S/C27H29N5O4/c1-27(2)13-15-30(26(27)34)19-10-11-20(22(16-19)35-3)31-17-23(36-4)25(33)24(29-31)21-12-14-28-32(21)18-8-6-5-7-9-18/h5-11,14,16-17,21H,12-13,15H2,1-4H3. The zero-order chi connectivity index (χ0) is 25.4. The van der Waals surface area contributed by atoms with Gasteiger partial charge in [0, 0.05) is 36.3 Å².